The van der Waals surface area contributed by atoms with E-state index in [-0.39, 0.29) is 11.9 Å². The minimum Gasteiger partial charge on any atom is -0.480 e. The third-order valence-corrected chi connectivity index (χ3v) is 3.51. The van der Waals surface area contributed by atoms with Crippen molar-refractivity contribution in [3.05, 3.63) is 0 Å². The van der Waals surface area contributed by atoms with Gasteiger partial charge < -0.3 is 20.1 Å². The van der Waals surface area contributed by atoms with E-state index in [1.807, 2.05) is 13.8 Å². The Balaban J connectivity index is 2.53. The Morgan fingerprint density at radius 2 is 2.15 bits per heavy atom. The number of carboxylic acid groups (broad SMARTS) is 1. The highest BCUT2D eigenvalue weighted by atomic mass is 16.5. The van der Waals surface area contributed by atoms with E-state index in [1.165, 1.54) is 0 Å². The summed E-state index contributed by atoms with van der Waals surface area (Å²) in [5.74, 6) is -0.413. The van der Waals surface area contributed by atoms with E-state index in [1.54, 1.807) is 12.0 Å². The van der Waals surface area contributed by atoms with Crippen LogP contribution in [0, 0.1) is 11.8 Å². The molecule has 1 fully saturated rings. The number of carbonyl (C=O) groups excluding carboxylic acids is 1. The van der Waals surface area contributed by atoms with Crippen LogP contribution in [0.5, 0.6) is 0 Å². The van der Waals surface area contributed by atoms with E-state index in [9.17, 15) is 9.59 Å². The quantitative estimate of drug-likeness (QED) is 0.776. The minimum absolute atomic E-state index is 0.221. The number of nitrogens with one attached hydrogen (secondary N) is 1. The lowest BCUT2D eigenvalue weighted by Crippen LogP contribution is -2.51. The summed E-state index contributed by atoms with van der Waals surface area (Å²) in [5.41, 5.74) is 0. The molecule has 2 N–H and O–H groups in total. The summed E-state index contributed by atoms with van der Waals surface area (Å²) in [4.78, 5) is 25.0. The number of methoxy groups -OCH3 is 1. The summed E-state index contributed by atoms with van der Waals surface area (Å²) >= 11 is 0. The maximum Gasteiger partial charge on any atom is 0.326 e. The minimum atomic E-state index is -0.975. The van der Waals surface area contributed by atoms with Crippen molar-refractivity contribution in [1.82, 2.24) is 10.2 Å². The molecule has 20 heavy (non-hydrogen) atoms. The van der Waals surface area contributed by atoms with Crippen molar-refractivity contribution in [2.75, 3.05) is 26.8 Å². The van der Waals surface area contributed by atoms with E-state index in [0.29, 0.717) is 32.0 Å². The molecule has 0 aliphatic carbocycles. The number of urea groups is 1. The molecule has 0 saturated carbocycles. The Labute approximate surface area is 120 Å². The van der Waals surface area contributed by atoms with Crippen LogP contribution in [0.4, 0.5) is 4.79 Å². The molecule has 1 unspecified atom stereocenters. The molecule has 6 heteroatoms. The first-order valence-electron chi connectivity index (χ1n) is 7.21. The molecule has 1 aliphatic rings. The summed E-state index contributed by atoms with van der Waals surface area (Å²) in [5, 5.41) is 11.8. The molecule has 0 aromatic heterocycles. The number of aliphatic carboxylic acids is 1. The summed E-state index contributed by atoms with van der Waals surface area (Å²) in [6.45, 7) is 5.83. The van der Waals surface area contributed by atoms with Gasteiger partial charge in [-0.2, -0.15) is 0 Å². The molecule has 0 bridgehead atoms. The van der Waals surface area contributed by atoms with Crippen molar-refractivity contribution in [3.8, 4) is 0 Å². The van der Waals surface area contributed by atoms with Crippen LogP contribution in [0.1, 0.15) is 33.1 Å². The molecule has 0 radical (unpaired) electrons. The Morgan fingerprint density at radius 1 is 1.45 bits per heavy atom. The number of hydrogen-bond acceptors (Lipinski definition) is 3. The second-order valence-corrected chi connectivity index (χ2v) is 5.88. The lowest BCUT2D eigenvalue weighted by atomic mass is 9.99. The molecule has 0 aromatic rings. The number of ether oxygens (including phenoxy) is 1. The van der Waals surface area contributed by atoms with Crippen molar-refractivity contribution >= 4 is 12.0 Å². The maximum atomic E-state index is 12.2. The first kappa shape index (κ1) is 16.8. The summed E-state index contributed by atoms with van der Waals surface area (Å²) in [6.07, 6.45) is 2.42. The van der Waals surface area contributed by atoms with Crippen LogP contribution >= 0.6 is 0 Å². The predicted octanol–water partition coefficient (Wildman–Crippen LogP) is 1.55. The van der Waals surface area contributed by atoms with Crippen LogP contribution in [0.2, 0.25) is 0 Å². The van der Waals surface area contributed by atoms with Crippen LogP contribution in [-0.4, -0.2) is 54.9 Å². The van der Waals surface area contributed by atoms with Crippen LogP contribution in [-0.2, 0) is 9.53 Å². The highest BCUT2D eigenvalue weighted by Gasteiger charge is 2.27. The van der Waals surface area contributed by atoms with Crippen LogP contribution in [0.25, 0.3) is 0 Å². The Morgan fingerprint density at radius 3 is 2.70 bits per heavy atom. The van der Waals surface area contributed by atoms with E-state index in [0.717, 1.165) is 12.8 Å². The van der Waals surface area contributed by atoms with Crippen LogP contribution in [0.3, 0.4) is 0 Å². The normalized spacial score (nSPS) is 20.8. The van der Waals surface area contributed by atoms with E-state index < -0.39 is 12.0 Å². The lowest BCUT2D eigenvalue weighted by Gasteiger charge is -2.33. The van der Waals surface area contributed by atoms with Crippen LogP contribution in [0.15, 0.2) is 0 Å². The van der Waals surface area contributed by atoms with Gasteiger partial charge in [-0.25, -0.2) is 9.59 Å². The van der Waals surface area contributed by atoms with E-state index >= 15 is 0 Å². The predicted molar refractivity (Wildman–Crippen MR) is 75.6 cm³/mol. The molecule has 1 aliphatic heterocycles. The van der Waals surface area contributed by atoms with Gasteiger partial charge >= 0.3 is 12.0 Å². The molecule has 2 amide bonds. The third-order valence-electron chi connectivity index (χ3n) is 3.51. The average Bonchev–Trinajstić information content (AvgIpc) is 2.38. The molecule has 2 atom stereocenters. The van der Waals surface area contributed by atoms with Gasteiger partial charge in [0.25, 0.3) is 0 Å². The van der Waals surface area contributed by atoms with E-state index in [4.69, 9.17) is 9.84 Å². The number of carboxylic acids is 1. The number of hydrogen-bond donors (Lipinski definition) is 2. The Kier molecular flexibility index (Phi) is 6.78. The second-order valence-electron chi connectivity index (χ2n) is 5.88. The molecule has 116 valence electrons. The summed E-state index contributed by atoms with van der Waals surface area (Å²) < 4.78 is 5.13. The fourth-order valence-electron chi connectivity index (χ4n) is 2.55. The van der Waals surface area contributed by atoms with E-state index in [2.05, 4.69) is 5.32 Å². The van der Waals surface area contributed by atoms with Gasteiger partial charge in [0.15, 0.2) is 0 Å². The SMILES string of the molecule is COCC1CCCN(C(=O)N[C@H](CC(C)C)C(=O)O)C1. The molecule has 6 nitrogen and oxygen atoms in total. The Bertz CT molecular complexity index is 331. The molecule has 0 aromatic carbocycles. The van der Waals surface area contributed by atoms with Crippen molar-refractivity contribution in [3.63, 3.8) is 0 Å². The molecule has 1 heterocycles. The van der Waals surface area contributed by atoms with Gasteiger partial charge in [0.2, 0.25) is 0 Å². The maximum absolute atomic E-state index is 12.2. The number of nitrogens with zero attached hydrogens (tertiary/aromatic N) is 1. The molecule has 1 saturated heterocycles. The highest BCUT2D eigenvalue weighted by molar-refractivity contribution is 5.82. The number of carbonyl (C=O) groups is 2. The Hall–Kier alpha value is -1.30. The van der Waals surface area contributed by atoms with Crippen molar-refractivity contribution in [1.29, 1.82) is 0 Å². The first-order chi connectivity index (χ1) is 9.43. The topological polar surface area (TPSA) is 78.9 Å². The van der Waals surface area contributed by atoms with Gasteiger partial charge in [-0.1, -0.05) is 13.8 Å². The van der Waals surface area contributed by atoms with Gasteiger partial charge in [0.05, 0.1) is 6.61 Å². The van der Waals surface area contributed by atoms with Crippen molar-refractivity contribution in [2.24, 2.45) is 11.8 Å². The molecular formula is C14H26N2O4. The third kappa shape index (κ3) is 5.36. The second kappa shape index (κ2) is 8.09. The molecule has 0 spiro atoms. The van der Waals surface area contributed by atoms with Gasteiger partial charge in [0, 0.05) is 26.1 Å². The zero-order chi connectivity index (χ0) is 15.1. The van der Waals surface area contributed by atoms with Crippen molar-refractivity contribution < 1.29 is 19.4 Å². The van der Waals surface area contributed by atoms with Gasteiger partial charge in [-0.15, -0.1) is 0 Å². The molecular weight excluding hydrogens is 260 g/mol. The number of likely N-dealkylation sites (tertiary alicyclic amines) is 1. The number of rotatable bonds is 6. The van der Waals surface area contributed by atoms with Crippen LogP contribution < -0.4 is 5.32 Å². The van der Waals surface area contributed by atoms with Crippen molar-refractivity contribution in [2.45, 2.75) is 39.2 Å². The summed E-state index contributed by atoms with van der Waals surface area (Å²) in [6, 6.07) is -1.09. The molecule has 1 rings (SSSR count). The lowest BCUT2D eigenvalue weighted by molar-refractivity contribution is -0.139. The smallest absolute Gasteiger partial charge is 0.326 e. The van der Waals surface area contributed by atoms with Gasteiger partial charge in [0.1, 0.15) is 6.04 Å². The zero-order valence-corrected chi connectivity index (χ0v) is 12.6. The van der Waals surface area contributed by atoms with Gasteiger partial charge in [-0.3, -0.25) is 0 Å². The average molecular weight is 286 g/mol. The monoisotopic (exact) mass is 286 g/mol. The highest BCUT2D eigenvalue weighted by Crippen LogP contribution is 2.17. The van der Waals surface area contributed by atoms with Gasteiger partial charge in [-0.05, 0) is 25.2 Å². The summed E-state index contributed by atoms with van der Waals surface area (Å²) in [7, 11) is 1.65. The zero-order valence-electron chi connectivity index (χ0n) is 12.6. The first-order valence-corrected chi connectivity index (χ1v) is 7.21. The fourth-order valence-corrected chi connectivity index (χ4v) is 2.55. The fraction of sp³-hybridized carbons (Fsp3) is 0.857. The standard InChI is InChI=1S/C14H26N2O4/c1-10(2)7-12(13(17)18)15-14(19)16-6-4-5-11(8-16)9-20-3/h10-12H,4-9H2,1-3H3,(H,15,19)(H,17,18)/t11?,12-/m1/s1. The number of piperidine rings is 1. The number of amides is 2. The largest absolute Gasteiger partial charge is 0.480 e.